The zero-order chi connectivity index (χ0) is 19.4. The van der Waals surface area contributed by atoms with Gasteiger partial charge in [0.15, 0.2) is 11.4 Å². The molecule has 2 saturated carbocycles. The Balaban J connectivity index is 1.42. The van der Waals surface area contributed by atoms with Crippen LogP contribution in [0.3, 0.4) is 0 Å². The van der Waals surface area contributed by atoms with Crippen LogP contribution in [0, 0.1) is 11.8 Å². The summed E-state index contributed by atoms with van der Waals surface area (Å²) in [5.74, 6) is 2.16. The van der Waals surface area contributed by atoms with Crippen molar-refractivity contribution in [1.82, 2.24) is 14.8 Å². The lowest BCUT2D eigenvalue weighted by Crippen LogP contribution is -2.37. The molecule has 0 radical (unpaired) electrons. The van der Waals surface area contributed by atoms with Gasteiger partial charge in [-0.25, -0.2) is 4.79 Å². The van der Waals surface area contributed by atoms with Gasteiger partial charge in [-0.05, 0) is 49.3 Å². The molecule has 1 N–H and O–H groups in total. The third kappa shape index (κ3) is 2.77. The molecule has 1 unspecified atom stereocenters. The number of oxazole rings is 1. The van der Waals surface area contributed by atoms with E-state index < -0.39 is 5.76 Å². The standard InChI is InChI=1S/C21H24N4O3/c1-24(14-8-12-3-4-13(7-12)9-14)20-6-5-16(22-23-20)15-10-19-17(11-18(15)26)25(2)21(27)28-19/h5-6,10-14,26H,3-4,7-9H2,1-2H3/t12-,13+,14?. The van der Waals surface area contributed by atoms with Gasteiger partial charge in [0, 0.05) is 31.8 Å². The van der Waals surface area contributed by atoms with Crippen LogP contribution in [-0.2, 0) is 7.05 Å². The molecule has 2 aliphatic rings. The Morgan fingerprint density at radius 1 is 1.14 bits per heavy atom. The molecule has 7 nitrogen and oxygen atoms in total. The minimum absolute atomic E-state index is 0.0446. The van der Waals surface area contributed by atoms with Crippen molar-refractivity contribution in [3.05, 3.63) is 34.8 Å². The van der Waals surface area contributed by atoms with Crippen LogP contribution in [0.15, 0.2) is 33.5 Å². The van der Waals surface area contributed by atoms with Crippen LogP contribution >= 0.6 is 0 Å². The van der Waals surface area contributed by atoms with Gasteiger partial charge in [0.2, 0.25) is 0 Å². The molecule has 1 aromatic carbocycles. The number of aryl methyl sites for hydroxylation is 1. The molecule has 3 aromatic rings. The van der Waals surface area contributed by atoms with E-state index in [1.807, 2.05) is 12.1 Å². The van der Waals surface area contributed by atoms with Crippen molar-refractivity contribution >= 4 is 16.9 Å². The van der Waals surface area contributed by atoms with Crippen LogP contribution in [0.4, 0.5) is 5.82 Å². The van der Waals surface area contributed by atoms with Gasteiger partial charge in [0.05, 0.1) is 11.2 Å². The molecule has 7 heteroatoms. The maximum Gasteiger partial charge on any atom is 0.419 e. The van der Waals surface area contributed by atoms with Crippen molar-refractivity contribution in [2.75, 3.05) is 11.9 Å². The fourth-order valence-corrected chi connectivity index (χ4v) is 5.00. The van der Waals surface area contributed by atoms with Crippen molar-refractivity contribution in [3.8, 4) is 17.0 Å². The first kappa shape index (κ1) is 17.3. The summed E-state index contributed by atoms with van der Waals surface area (Å²) in [4.78, 5) is 13.9. The molecule has 2 bridgehead atoms. The van der Waals surface area contributed by atoms with Crippen molar-refractivity contribution < 1.29 is 9.52 Å². The molecule has 0 aliphatic heterocycles. The Labute approximate surface area is 162 Å². The lowest BCUT2D eigenvalue weighted by Gasteiger charge is -2.35. The third-order valence-electron chi connectivity index (χ3n) is 6.61. The summed E-state index contributed by atoms with van der Waals surface area (Å²) < 4.78 is 6.58. The normalized spacial score (nSPS) is 24.0. The van der Waals surface area contributed by atoms with E-state index in [4.69, 9.17) is 4.42 Å². The van der Waals surface area contributed by atoms with E-state index in [0.717, 1.165) is 17.7 Å². The number of hydrogen-bond acceptors (Lipinski definition) is 6. The Hall–Kier alpha value is -2.83. The maximum atomic E-state index is 11.7. The summed E-state index contributed by atoms with van der Waals surface area (Å²) in [5.41, 5.74) is 2.01. The van der Waals surface area contributed by atoms with E-state index in [2.05, 4.69) is 22.1 Å². The first-order chi connectivity index (χ1) is 13.5. The second-order valence-corrected chi connectivity index (χ2v) is 8.32. The number of fused-ring (bicyclic) bond motifs is 3. The second-order valence-electron chi connectivity index (χ2n) is 8.32. The summed E-state index contributed by atoms with van der Waals surface area (Å²) in [6.07, 6.45) is 6.61. The summed E-state index contributed by atoms with van der Waals surface area (Å²) >= 11 is 0. The highest BCUT2D eigenvalue weighted by atomic mass is 16.4. The third-order valence-corrected chi connectivity index (χ3v) is 6.61. The SMILES string of the molecule is CN(c1ccc(-c2cc3oc(=O)n(C)c3cc2O)nn1)C1C[C@H]2CC[C@@H](C1)C2. The minimum atomic E-state index is -0.462. The van der Waals surface area contributed by atoms with Crippen molar-refractivity contribution in [2.24, 2.45) is 18.9 Å². The quantitative estimate of drug-likeness (QED) is 0.750. The number of anilines is 1. The Bertz CT molecular complexity index is 1070. The van der Waals surface area contributed by atoms with Crippen LogP contribution in [-0.4, -0.2) is 33.0 Å². The van der Waals surface area contributed by atoms with Crippen molar-refractivity contribution in [3.63, 3.8) is 0 Å². The zero-order valence-electron chi connectivity index (χ0n) is 16.1. The molecule has 2 heterocycles. The predicted octanol–water partition coefficient (Wildman–Crippen LogP) is 3.31. The molecule has 0 spiro atoms. The Kier molecular flexibility index (Phi) is 3.92. The van der Waals surface area contributed by atoms with Crippen LogP contribution < -0.4 is 10.7 Å². The highest BCUT2D eigenvalue weighted by Gasteiger charge is 2.36. The number of rotatable bonds is 3. The van der Waals surface area contributed by atoms with Crippen molar-refractivity contribution in [2.45, 2.75) is 38.1 Å². The largest absolute Gasteiger partial charge is 0.507 e. The molecule has 2 aromatic heterocycles. The van der Waals surface area contributed by atoms with Gasteiger partial charge in [-0.1, -0.05) is 12.8 Å². The Morgan fingerprint density at radius 2 is 1.89 bits per heavy atom. The smallest absolute Gasteiger partial charge is 0.419 e. The average molecular weight is 380 g/mol. The number of phenolic OH excluding ortho intramolecular Hbond substituents is 1. The lowest BCUT2D eigenvalue weighted by molar-refractivity contribution is 0.312. The fraction of sp³-hybridized carbons (Fsp3) is 0.476. The number of benzene rings is 1. The van der Waals surface area contributed by atoms with E-state index in [1.54, 1.807) is 13.1 Å². The number of phenols is 1. The van der Waals surface area contributed by atoms with Gasteiger partial charge in [-0.15, -0.1) is 10.2 Å². The monoisotopic (exact) mass is 380 g/mol. The van der Waals surface area contributed by atoms with Gasteiger partial charge in [-0.3, -0.25) is 4.57 Å². The van der Waals surface area contributed by atoms with Crippen LogP contribution in [0.25, 0.3) is 22.4 Å². The second kappa shape index (κ2) is 6.36. The average Bonchev–Trinajstić information content (AvgIpc) is 3.18. The van der Waals surface area contributed by atoms with Gasteiger partial charge in [0.1, 0.15) is 5.75 Å². The predicted molar refractivity (Wildman–Crippen MR) is 106 cm³/mol. The zero-order valence-corrected chi connectivity index (χ0v) is 16.1. The molecule has 146 valence electrons. The van der Waals surface area contributed by atoms with Crippen LogP contribution in [0.5, 0.6) is 5.75 Å². The maximum absolute atomic E-state index is 11.7. The van der Waals surface area contributed by atoms with Gasteiger partial charge >= 0.3 is 5.76 Å². The van der Waals surface area contributed by atoms with Crippen LogP contribution in [0.2, 0.25) is 0 Å². The van der Waals surface area contributed by atoms with Gasteiger partial charge < -0.3 is 14.4 Å². The summed E-state index contributed by atoms with van der Waals surface area (Å²) in [6, 6.07) is 7.49. The minimum Gasteiger partial charge on any atom is -0.507 e. The first-order valence-electron chi connectivity index (χ1n) is 9.89. The Morgan fingerprint density at radius 3 is 2.57 bits per heavy atom. The molecule has 2 fully saturated rings. The van der Waals surface area contributed by atoms with E-state index in [0.29, 0.717) is 28.4 Å². The molecular weight excluding hydrogens is 356 g/mol. The number of hydrogen-bond donors (Lipinski definition) is 1. The van der Waals surface area contributed by atoms with Gasteiger partial charge in [0.25, 0.3) is 0 Å². The number of nitrogens with zero attached hydrogens (tertiary/aromatic N) is 4. The molecule has 2 aliphatic carbocycles. The van der Waals surface area contributed by atoms with Crippen LogP contribution in [0.1, 0.15) is 32.1 Å². The molecular formula is C21H24N4O3. The molecule has 5 rings (SSSR count). The molecule has 0 amide bonds. The van der Waals surface area contributed by atoms with E-state index in [1.165, 1.54) is 42.7 Å². The van der Waals surface area contributed by atoms with E-state index in [-0.39, 0.29) is 5.75 Å². The number of aromatic hydroxyl groups is 1. The molecule has 0 saturated heterocycles. The van der Waals surface area contributed by atoms with E-state index >= 15 is 0 Å². The highest BCUT2D eigenvalue weighted by Crippen LogP contribution is 2.43. The van der Waals surface area contributed by atoms with Crippen molar-refractivity contribution in [1.29, 1.82) is 0 Å². The summed E-state index contributed by atoms with van der Waals surface area (Å²) in [7, 11) is 3.70. The highest BCUT2D eigenvalue weighted by molar-refractivity contribution is 5.83. The van der Waals surface area contributed by atoms with Gasteiger partial charge in [-0.2, -0.15) is 0 Å². The molecule has 28 heavy (non-hydrogen) atoms. The molecule has 3 atom stereocenters. The first-order valence-corrected chi connectivity index (χ1v) is 9.89. The fourth-order valence-electron chi connectivity index (χ4n) is 5.00. The summed E-state index contributed by atoms with van der Waals surface area (Å²) in [6.45, 7) is 0. The lowest BCUT2D eigenvalue weighted by atomic mass is 9.85. The number of aromatic nitrogens is 3. The summed E-state index contributed by atoms with van der Waals surface area (Å²) in [5, 5.41) is 19.2. The van der Waals surface area contributed by atoms with E-state index in [9.17, 15) is 9.90 Å². The topological polar surface area (TPSA) is 84.4 Å².